The van der Waals surface area contributed by atoms with Crippen LogP contribution in [-0.4, -0.2) is 39.5 Å². The van der Waals surface area contributed by atoms with Crippen LogP contribution < -0.4 is 5.43 Å². The molecule has 162 valence electrons. The molecule has 1 aromatic rings. The summed E-state index contributed by atoms with van der Waals surface area (Å²) in [5.74, 6) is 0.358. The summed E-state index contributed by atoms with van der Waals surface area (Å²) in [6.07, 6.45) is 4.29. The van der Waals surface area contributed by atoms with E-state index in [0.29, 0.717) is 13.2 Å². The molecule has 3 rings (SSSR count). The maximum Gasteiger partial charge on any atom is 0.239 e. The van der Waals surface area contributed by atoms with Gasteiger partial charge in [-0.25, -0.2) is 0 Å². The maximum atomic E-state index is 13.2. The predicted molar refractivity (Wildman–Crippen MR) is 119 cm³/mol. The quantitative estimate of drug-likeness (QED) is 0.683. The minimum Gasteiger partial charge on any atom is -0.416 e. The minimum absolute atomic E-state index is 0.0226. The van der Waals surface area contributed by atoms with Crippen LogP contribution in [-0.2, 0) is 19.7 Å². The van der Waals surface area contributed by atoms with Gasteiger partial charge < -0.3 is 9.16 Å². The molecule has 5 nitrogen and oxygen atoms in total. The average Bonchev–Trinajstić information content (AvgIpc) is 3.34. The fraction of sp³-hybridized carbons (Fsp3) is 0.696. The summed E-state index contributed by atoms with van der Waals surface area (Å²) in [6, 6.07) is 10.2. The van der Waals surface area contributed by atoms with Crippen molar-refractivity contribution < 1.29 is 14.0 Å². The molecule has 1 aliphatic heterocycles. The van der Waals surface area contributed by atoms with Crippen LogP contribution in [0.2, 0.25) is 18.1 Å². The van der Waals surface area contributed by atoms with Gasteiger partial charge in [-0.15, -0.1) is 0 Å². The number of rotatable bonds is 6. The molecule has 1 heterocycles. The first-order chi connectivity index (χ1) is 13.6. The van der Waals surface area contributed by atoms with Gasteiger partial charge in [-0.05, 0) is 31.0 Å². The number of amides is 1. The van der Waals surface area contributed by atoms with E-state index in [1.807, 2.05) is 23.2 Å². The maximum absolute atomic E-state index is 13.2. The lowest BCUT2D eigenvalue weighted by atomic mass is 9.91. The first-order valence-electron chi connectivity index (χ1n) is 10.9. The molecule has 0 aromatic heterocycles. The van der Waals surface area contributed by atoms with Crippen molar-refractivity contribution in [3.63, 3.8) is 0 Å². The molecule has 1 aromatic carbocycles. The van der Waals surface area contributed by atoms with Crippen molar-refractivity contribution in [3.05, 3.63) is 35.9 Å². The van der Waals surface area contributed by atoms with Crippen LogP contribution in [0.1, 0.15) is 52.0 Å². The molecule has 2 fully saturated rings. The van der Waals surface area contributed by atoms with E-state index in [2.05, 4.69) is 51.4 Å². The number of ether oxygens (including phenoxy) is 1. The number of carbonyl (C=O) groups is 1. The Kier molecular flexibility index (Phi) is 6.58. The Balaban J connectivity index is 1.86. The number of carbonyl (C=O) groups excluding carboxylic acids is 1. The van der Waals surface area contributed by atoms with Crippen molar-refractivity contribution in [2.75, 3.05) is 20.3 Å². The Morgan fingerprint density at radius 2 is 1.83 bits per heavy atom. The largest absolute Gasteiger partial charge is 0.416 e. The molecule has 29 heavy (non-hydrogen) atoms. The molecular formula is C23H38N2O3Si. The van der Waals surface area contributed by atoms with Gasteiger partial charge in [0.1, 0.15) is 0 Å². The van der Waals surface area contributed by atoms with Gasteiger partial charge in [0, 0.05) is 37.7 Å². The van der Waals surface area contributed by atoms with Gasteiger partial charge in [0.25, 0.3) is 0 Å². The van der Waals surface area contributed by atoms with Gasteiger partial charge >= 0.3 is 0 Å². The second kappa shape index (κ2) is 8.50. The fourth-order valence-corrected chi connectivity index (χ4v) is 5.29. The minimum atomic E-state index is -1.91. The topological polar surface area (TPSA) is 50.8 Å². The molecular weight excluding hydrogens is 380 g/mol. The highest BCUT2D eigenvalue weighted by Crippen LogP contribution is 2.41. The van der Waals surface area contributed by atoms with E-state index < -0.39 is 14.0 Å². The third-order valence-corrected chi connectivity index (χ3v) is 11.7. The number of methoxy groups -OCH3 is 1. The summed E-state index contributed by atoms with van der Waals surface area (Å²) in [7, 11) is -0.185. The molecule has 1 N–H and O–H groups in total. The van der Waals surface area contributed by atoms with Crippen LogP contribution in [0.25, 0.3) is 0 Å². The molecule has 0 bridgehead atoms. The third-order valence-electron chi connectivity index (χ3n) is 7.23. The molecule has 1 aliphatic carbocycles. The van der Waals surface area contributed by atoms with E-state index in [9.17, 15) is 4.79 Å². The van der Waals surface area contributed by atoms with Crippen molar-refractivity contribution >= 4 is 14.2 Å². The van der Waals surface area contributed by atoms with E-state index in [1.54, 1.807) is 7.11 Å². The van der Waals surface area contributed by atoms with E-state index in [-0.39, 0.29) is 22.8 Å². The van der Waals surface area contributed by atoms with Crippen molar-refractivity contribution in [1.29, 1.82) is 0 Å². The van der Waals surface area contributed by atoms with Gasteiger partial charge in [-0.3, -0.25) is 9.80 Å². The number of hydrazine groups is 1. The summed E-state index contributed by atoms with van der Waals surface area (Å²) in [4.78, 5) is 13.2. The molecule has 0 radical (unpaired) electrons. The lowest BCUT2D eigenvalue weighted by Crippen LogP contribution is -2.51. The monoisotopic (exact) mass is 418 g/mol. The number of benzene rings is 1. The van der Waals surface area contributed by atoms with Gasteiger partial charge in [0.15, 0.2) is 14.0 Å². The van der Waals surface area contributed by atoms with Gasteiger partial charge in [-0.1, -0.05) is 63.9 Å². The highest BCUT2D eigenvalue weighted by Gasteiger charge is 2.51. The standard InChI is InChI=1S/C23H38N2O3Si/c1-22(2,3)29(5,6)28-17-20-16-25(21(26)18-12-10-11-13-18)24-23(20,27-4)19-14-8-7-9-15-19/h7-9,14-15,18,20,24H,10-13,16-17H2,1-6H3/t20-,23+/m1/s1. The Morgan fingerprint density at radius 3 is 2.38 bits per heavy atom. The Labute approximate surface area is 177 Å². The molecule has 6 heteroatoms. The van der Waals surface area contributed by atoms with Crippen LogP contribution in [0, 0.1) is 11.8 Å². The van der Waals surface area contributed by atoms with E-state index in [1.165, 1.54) is 0 Å². The van der Waals surface area contributed by atoms with Crippen molar-refractivity contribution in [3.8, 4) is 0 Å². The first kappa shape index (κ1) is 22.5. The number of nitrogens with zero attached hydrogens (tertiary/aromatic N) is 1. The van der Waals surface area contributed by atoms with Crippen LogP contribution >= 0.6 is 0 Å². The summed E-state index contributed by atoms with van der Waals surface area (Å²) in [6.45, 7) is 12.5. The Hall–Kier alpha value is -1.21. The normalized spacial score (nSPS) is 26.3. The zero-order valence-corrected chi connectivity index (χ0v) is 20.0. The zero-order chi connectivity index (χ0) is 21.3. The number of hydrogen-bond donors (Lipinski definition) is 1. The second-order valence-electron chi connectivity index (χ2n) is 10.1. The Morgan fingerprint density at radius 1 is 1.21 bits per heavy atom. The lowest BCUT2D eigenvalue weighted by Gasteiger charge is -2.39. The number of hydrogen-bond acceptors (Lipinski definition) is 4. The summed E-state index contributed by atoms with van der Waals surface area (Å²) >= 11 is 0. The lowest BCUT2D eigenvalue weighted by molar-refractivity contribution is -0.143. The Bertz CT molecular complexity index is 698. The molecule has 0 unspecified atom stereocenters. The average molecular weight is 419 g/mol. The van der Waals surface area contributed by atoms with Gasteiger partial charge in [0.2, 0.25) is 5.91 Å². The number of nitrogens with one attached hydrogen (secondary N) is 1. The molecule has 1 amide bonds. The molecule has 2 atom stereocenters. The van der Waals surface area contributed by atoms with Crippen LogP contribution in [0.5, 0.6) is 0 Å². The van der Waals surface area contributed by atoms with Crippen LogP contribution in [0.4, 0.5) is 0 Å². The summed E-state index contributed by atoms with van der Waals surface area (Å²) in [5.41, 5.74) is 3.75. The van der Waals surface area contributed by atoms with Crippen molar-refractivity contribution in [2.24, 2.45) is 11.8 Å². The summed E-state index contributed by atoms with van der Waals surface area (Å²) in [5, 5.41) is 1.95. The van der Waals surface area contributed by atoms with Gasteiger partial charge in [-0.2, -0.15) is 5.43 Å². The van der Waals surface area contributed by atoms with Crippen molar-refractivity contribution in [1.82, 2.24) is 10.4 Å². The predicted octanol–water partition coefficient (Wildman–Crippen LogP) is 4.66. The first-order valence-corrected chi connectivity index (χ1v) is 13.9. The SMILES string of the molecule is CO[C@]1(c2ccccc2)NN(C(=O)C2CCCC2)C[C@@H]1CO[Si](C)(C)C(C)(C)C. The third kappa shape index (κ3) is 4.45. The van der Waals surface area contributed by atoms with E-state index in [4.69, 9.17) is 9.16 Å². The second-order valence-corrected chi connectivity index (χ2v) is 14.9. The van der Waals surface area contributed by atoms with Crippen molar-refractivity contribution in [2.45, 2.75) is 70.3 Å². The van der Waals surface area contributed by atoms with E-state index in [0.717, 1.165) is 31.2 Å². The van der Waals surface area contributed by atoms with Crippen LogP contribution in [0.3, 0.4) is 0 Å². The molecule has 2 aliphatic rings. The zero-order valence-electron chi connectivity index (χ0n) is 19.0. The van der Waals surface area contributed by atoms with E-state index >= 15 is 0 Å². The van der Waals surface area contributed by atoms with Crippen LogP contribution in [0.15, 0.2) is 30.3 Å². The van der Waals surface area contributed by atoms with Gasteiger partial charge in [0.05, 0.1) is 0 Å². The highest BCUT2D eigenvalue weighted by atomic mass is 28.4. The molecule has 1 saturated carbocycles. The summed E-state index contributed by atoms with van der Waals surface area (Å²) < 4.78 is 12.7. The highest BCUT2D eigenvalue weighted by molar-refractivity contribution is 6.74. The fourth-order valence-electron chi connectivity index (χ4n) is 4.24. The smallest absolute Gasteiger partial charge is 0.239 e. The molecule has 1 saturated heterocycles. The molecule has 0 spiro atoms.